The van der Waals surface area contributed by atoms with E-state index in [1.165, 1.54) is 12.8 Å². The normalized spacial score (nSPS) is 27.0. The minimum Gasteiger partial charge on any atom is -0.342 e. The topological polar surface area (TPSA) is 102 Å². The van der Waals surface area contributed by atoms with E-state index in [0.717, 1.165) is 43.8 Å². The van der Waals surface area contributed by atoms with Crippen molar-refractivity contribution < 1.29 is 19.2 Å². The number of piperidine rings is 1. The molecule has 0 spiro atoms. The van der Waals surface area contributed by atoms with Crippen LogP contribution in [-0.2, 0) is 14.4 Å². The van der Waals surface area contributed by atoms with Gasteiger partial charge in [0.15, 0.2) is 0 Å². The van der Waals surface area contributed by atoms with Gasteiger partial charge in [-0.25, -0.2) is 4.79 Å². The number of amides is 5. The SMILES string of the molecule is CC[C@@]1(C)NC(=O)N(NC(=O)CN2CCC(C(=O)N3CCCCCC3)CC2)C1=O. The molecule has 0 saturated carbocycles. The maximum atomic E-state index is 12.8. The Balaban J connectivity index is 1.44. The Morgan fingerprint density at radius 2 is 1.69 bits per heavy atom. The number of hydrogen-bond donors (Lipinski definition) is 2. The van der Waals surface area contributed by atoms with Gasteiger partial charge in [-0.1, -0.05) is 19.8 Å². The van der Waals surface area contributed by atoms with E-state index in [2.05, 4.69) is 10.7 Å². The Bertz CT molecular complexity index is 653. The number of nitrogens with zero attached hydrogens (tertiary/aromatic N) is 3. The van der Waals surface area contributed by atoms with E-state index in [0.29, 0.717) is 19.5 Å². The average molecular weight is 408 g/mol. The Kier molecular flexibility index (Phi) is 6.77. The van der Waals surface area contributed by atoms with E-state index in [1.807, 2.05) is 9.80 Å². The van der Waals surface area contributed by atoms with Crippen molar-refractivity contribution >= 4 is 23.8 Å². The van der Waals surface area contributed by atoms with Gasteiger partial charge in [-0.3, -0.25) is 24.7 Å². The van der Waals surface area contributed by atoms with Gasteiger partial charge in [-0.15, -0.1) is 0 Å². The first-order valence-electron chi connectivity index (χ1n) is 10.8. The molecule has 9 heteroatoms. The summed E-state index contributed by atoms with van der Waals surface area (Å²) in [5.41, 5.74) is 1.45. The number of nitrogens with one attached hydrogen (secondary N) is 2. The van der Waals surface area contributed by atoms with Crippen molar-refractivity contribution in [3.63, 3.8) is 0 Å². The van der Waals surface area contributed by atoms with E-state index in [9.17, 15) is 19.2 Å². The number of hydrogen-bond acceptors (Lipinski definition) is 5. The van der Waals surface area contributed by atoms with Gasteiger partial charge in [0.2, 0.25) is 5.91 Å². The van der Waals surface area contributed by atoms with Crippen LogP contribution in [-0.4, -0.2) is 76.8 Å². The van der Waals surface area contributed by atoms with Gasteiger partial charge in [-0.2, -0.15) is 5.01 Å². The molecule has 5 amide bonds. The van der Waals surface area contributed by atoms with Crippen LogP contribution in [0.5, 0.6) is 0 Å². The Labute approximate surface area is 172 Å². The highest BCUT2D eigenvalue weighted by Gasteiger charge is 2.47. The fraction of sp³-hybridized carbons (Fsp3) is 0.800. The molecular formula is C20H33N5O4. The lowest BCUT2D eigenvalue weighted by molar-refractivity contribution is -0.140. The first kappa shape index (κ1) is 21.5. The second-order valence-corrected chi connectivity index (χ2v) is 8.58. The zero-order valence-corrected chi connectivity index (χ0v) is 17.5. The van der Waals surface area contributed by atoms with Crippen LogP contribution in [0.4, 0.5) is 4.79 Å². The minimum absolute atomic E-state index is 0.0311. The molecular weight excluding hydrogens is 374 g/mol. The number of carbonyl (C=O) groups is 4. The van der Waals surface area contributed by atoms with Crippen molar-refractivity contribution in [2.75, 3.05) is 32.7 Å². The van der Waals surface area contributed by atoms with Gasteiger partial charge < -0.3 is 10.2 Å². The van der Waals surface area contributed by atoms with Crippen LogP contribution in [0.15, 0.2) is 0 Å². The third-order valence-corrected chi connectivity index (χ3v) is 6.43. The molecule has 0 aromatic rings. The van der Waals surface area contributed by atoms with Crippen LogP contribution in [0.1, 0.15) is 58.8 Å². The first-order valence-corrected chi connectivity index (χ1v) is 10.8. The van der Waals surface area contributed by atoms with Gasteiger partial charge >= 0.3 is 6.03 Å². The highest BCUT2D eigenvalue weighted by molar-refractivity contribution is 6.07. The summed E-state index contributed by atoms with van der Waals surface area (Å²) < 4.78 is 0. The summed E-state index contributed by atoms with van der Waals surface area (Å²) in [7, 11) is 0. The molecule has 0 unspecified atom stereocenters. The summed E-state index contributed by atoms with van der Waals surface area (Å²) in [5.74, 6) is -0.552. The number of imide groups is 1. The molecule has 9 nitrogen and oxygen atoms in total. The average Bonchev–Trinajstić information content (AvgIpc) is 2.92. The van der Waals surface area contributed by atoms with E-state index >= 15 is 0 Å². The van der Waals surface area contributed by atoms with Crippen molar-refractivity contribution in [2.45, 2.75) is 64.3 Å². The molecule has 0 aliphatic carbocycles. The molecule has 29 heavy (non-hydrogen) atoms. The Morgan fingerprint density at radius 1 is 1.07 bits per heavy atom. The van der Waals surface area contributed by atoms with Gasteiger partial charge in [0.25, 0.3) is 11.8 Å². The zero-order valence-electron chi connectivity index (χ0n) is 17.5. The molecule has 1 atom stereocenters. The van der Waals surface area contributed by atoms with Crippen molar-refractivity contribution in [3.05, 3.63) is 0 Å². The fourth-order valence-electron chi connectivity index (χ4n) is 4.28. The highest BCUT2D eigenvalue weighted by atomic mass is 16.2. The third-order valence-electron chi connectivity index (χ3n) is 6.43. The lowest BCUT2D eigenvalue weighted by Gasteiger charge is -2.33. The molecule has 162 valence electrons. The van der Waals surface area contributed by atoms with Crippen LogP contribution in [0, 0.1) is 5.92 Å². The van der Waals surface area contributed by atoms with Crippen LogP contribution < -0.4 is 10.7 Å². The molecule has 0 radical (unpaired) electrons. The predicted molar refractivity (Wildman–Crippen MR) is 106 cm³/mol. The van der Waals surface area contributed by atoms with Crippen molar-refractivity contribution in [1.29, 1.82) is 0 Å². The van der Waals surface area contributed by atoms with E-state index in [4.69, 9.17) is 0 Å². The largest absolute Gasteiger partial charge is 0.344 e. The van der Waals surface area contributed by atoms with Gasteiger partial charge in [0.05, 0.1) is 6.54 Å². The molecule has 3 saturated heterocycles. The summed E-state index contributed by atoms with van der Waals surface area (Å²) >= 11 is 0. The molecule has 2 N–H and O–H groups in total. The maximum Gasteiger partial charge on any atom is 0.344 e. The van der Waals surface area contributed by atoms with Crippen LogP contribution in [0.25, 0.3) is 0 Å². The van der Waals surface area contributed by atoms with E-state index < -0.39 is 23.4 Å². The zero-order chi connectivity index (χ0) is 21.0. The lowest BCUT2D eigenvalue weighted by atomic mass is 9.95. The summed E-state index contributed by atoms with van der Waals surface area (Å²) in [6.07, 6.45) is 6.50. The summed E-state index contributed by atoms with van der Waals surface area (Å²) in [6, 6.07) is -0.602. The first-order chi connectivity index (χ1) is 13.8. The quantitative estimate of drug-likeness (QED) is 0.658. The smallest absolute Gasteiger partial charge is 0.342 e. The second kappa shape index (κ2) is 9.11. The monoisotopic (exact) mass is 407 g/mol. The molecule has 0 bridgehead atoms. The number of urea groups is 1. The minimum atomic E-state index is -0.976. The number of carbonyl (C=O) groups excluding carboxylic acids is 4. The Morgan fingerprint density at radius 3 is 2.24 bits per heavy atom. The third kappa shape index (κ3) is 4.88. The van der Waals surface area contributed by atoms with Gasteiger partial charge in [0.1, 0.15) is 5.54 Å². The van der Waals surface area contributed by atoms with Crippen molar-refractivity contribution in [1.82, 2.24) is 25.6 Å². The second-order valence-electron chi connectivity index (χ2n) is 8.58. The molecule has 3 aliphatic rings. The fourth-order valence-corrected chi connectivity index (χ4v) is 4.28. The molecule has 3 rings (SSSR count). The van der Waals surface area contributed by atoms with Gasteiger partial charge in [0, 0.05) is 19.0 Å². The summed E-state index contributed by atoms with van der Waals surface area (Å²) in [5, 5.41) is 3.39. The summed E-state index contributed by atoms with van der Waals surface area (Å²) in [4.78, 5) is 53.5. The van der Waals surface area contributed by atoms with Gasteiger partial charge in [-0.05, 0) is 52.1 Å². The van der Waals surface area contributed by atoms with Crippen LogP contribution in [0.3, 0.4) is 0 Å². The van der Waals surface area contributed by atoms with E-state index in [-0.39, 0.29) is 18.4 Å². The molecule has 3 heterocycles. The number of rotatable bonds is 5. The molecule has 3 fully saturated rings. The number of hydrazine groups is 1. The maximum absolute atomic E-state index is 12.8. The molecule has 0 aromatic heterocycles. The van der Waals surface area contributed by atoms with Crippen molar-refractivity contribution in [3.8, 4) is 0 Å². The lowest BCUT2D eigenvalue weighted by Crippen LogP contribution is -2.52. The van der Waals surface area contributed by atoms with E-state index in [1.54, 1.807) is 13.8 Å². The standard InChI is InChI=1S/C20H33N5O4/c1-3-20(2)18(28)25(19(29)21-20)22-16(26)14-23-12-8-15(9-13-23)17(27)24-10-6-4-5-7-11-24/h15H,3-14H2,1-2H3,(H,21,29)(H,22,26)/t20-/m1/s1. The van der Waals surface area contributed by atoms with Crippen LogP contribution >= 0.6 is 0 Å². The number of likely N-dealkylation sites (tertiary alicyclic amines) is 2. The van der Waals surface area contributed by atoms with Crippen LogP contribution in [0.2, 0.25) is 0 Å². The highest BCUT2D eigenvalue weighted by Crippen LogP contribution is 2.22. The molecule has 0 aromatic carbocycles. The summed E-state index contributed by atoms with van der Waals surface area (Å²) in [6.45, 7) is 6.60. The predicted octanol–water partition coefficient (Wildman–Crippen LogP) is 0.853. The molecule has 3 aliphatic heterocycles. The Hall–Kier alpha value is -2.16. The van der Waals surface area contributed by atoms with Crippen molar-refractivity contribution in [2.24, 2.45) is 5.92 Å².